The minimum atomic E-state index is -0.542. The van der Waals surface area contributed by atoms with Gasteiger partial charge in [0.05, 0.1) is 17.0 Å². The van der Waals surface area contributed by atoms with E-state index in [1.807, 2.05) is 5.38 Å². The number of aromatic nitrogens is 2. The third kappa shape index (κ3) is 5.78. The fourth-order valence-electron chi connectivity index (χ4n) is 4.05. The highest BCUT2D eigenvalue weighted by atomic mass is 35.5. The van der Waals surface area contributed by atoms with Crippen molar-refractivity contribution in [3.8, 4) is 0 Å². The number of aromatic amines is 1. The third-order valence-corrected chi connectivity index (χ3v) is 7.22. The van der Waals surface area contributed by atoms with Gasteiger partial charge in [-0.3, -0.25) is 9.59 Å². The lowest BCUT2D eigenvalue weighted by Gasteiger charge is -2.26. The quantitative estimate of drug-likeness (QED) is 0.439. The van der Waals surface area contributed by atoms with Gasteiger partial charge >= 0.3 is 0 Å². The normalized spacial score (nSPS) is 18.5. The highest BCUT2D eigenvalue weighted by molar-refractivity contribution is 7.16. The zero-order valence-corrected chi connectivity index (χ0v) is 19.5. The summed E-state index contributed by atoms with van der Waals surface area (Å²) in [4.78, 5) is 32.5. The lowest BCUT2D eigenvalue weighted by molar-refractivity contribution is 0.0608. The van der Waals surface area contributed by atoms with Crippen LogP contribution in [0, 0.1) is 17.7 Å². The molecule has 1 saturated carbocycles. The molecule has 0 spiro atoms. The number of hydrogen-bond donors (Lipinski definition) is 3. The van der Waals surface area contributed by atoms with Gasteiger partial charge in [0.15, 0.2) is 0 Å². The summed E-state index contributed by atoms with van der Waals surface area (Å²) in [5.41, 5.74) is 0.984. The second kappa shape index (κ2) is 10.7. The second-order valence-electron chi connectivity index (χ2n) is 8.37. The summed E-state index contributed by atoms with van der Waals surface area (Å²) in [5.74, 6) is -0.281. The minimum Gasteiger partial charge on any atom is -0.396 e. The first-order valence-electron chi connectivity index (χ1n) is 10.9. The van der Waals surface area contributed by atoms with E-state index in [2.05, 4.69) is 15.3 Å². The number of ether oxygens (including phenoxy) is 1. The minimum absolute atomic E-state index is 0.0270. The molecule has 0 radical (unpaired) electrons. The van der Waals surface area contributed by atoms with Gasteiger partial charge in [0, 0.05) is 25.3 Å². The monoisotopic (exact) mass is 493 g/mol. The number of halogens is 2. The van der Waals surface area contributed by atoms with Crippen LogP contribution in [0.4, 0.5) is 4.39 Å². The fraction of sp³-hybridized carbons (Fsp3) is 0.435. The van der Waals surface area contributed by atoms with E-state index in [-0.39, 0.29) is 24.0 Å². The van der Waals surface area contributed by atoms with Crippen LogP contribution < -0.4 is 10.9 Å². The van der Waals surface area contributed by atoms with E-state index in [9.17, 15) is 19.1 Å². The average Bonchev–Trinajstić information content (AvgIpc) is 3.23. The lowest BCUT2D eigenvalue weighted by Crippen LogP contribution is -2.27. The van der Waals surface area contributed by atoms with E-state index in [0.717, 1.165) is 31.2 Å². The van der Waals surface area contributed by atoms with Crippen LogP contribution in [0.5, 0.6) is 0 Å². The van der Waals surface area contributed by atoms with E-state index >= 15 is 0 Å². The van der Waals surface area contributed by atoms with E-state index in [1.165, 1.54) is 29.5 Å². The molecule has 0 aliphatic heterocycles. The molecule has 0 bridgehead atoms. The fourth-order valence-corrected chi connectivity index (χ4v) is 5.18. The van der Waals surface area contributed by atoms with Gasteiger partial charge in [-0.05, 0) is 60.6 Å². The Balaban J connectivity index is 1.36. The van der Waals surface area contributed by atoms with Crippen LogP contribution in [0.3, 0.4) is 0 Å². The van der Waals surface area contributed by atoms with Crippen molar-refractivity contribution in [1.29, 1.82) is 0 Å². The van der Waals surface area contributed by atoms with Crippen LogP contribution in [-0.4, -0.2) is 34.2 Å². The second-order valence-corrected chi connectivity index (χ2v) is 9.64. The summed E-state index contributed by atoms with van der Waals surface area (Å²) < 4.78 is 19.2. The van der Waals surface area contributed by atoms with Crippen LogP contribution in [0.25, 0.3) is 10.2 Å². The Kier molecular flexibility index (Phi) is 7.75. The molecule has 0 saturated heterocycles. The number of carbonyl (C=O) groups is 1. The molecule has 2 heterocycles. The predicted octanol–water partition coefficient (Wildman–Crippen LogP) is 4.02. The summed E-state index contributed by atoms with van der Waals surface area (Å²) in [7, 11) is 0. The number of aliphatic hydroxyl groups excluding tert-OH is 1. The molecule has 1 aliphatic rings. The topological polar surface area (TPSA) is 104 Å². The first kappa shape index (κ1) is 23.8. The number of H-pyrrole nitrogens is 1. The maximum atomic E-state index is 13.3. The molecule has 3 aromatic rings. The van der Waals surface area contributed by atoms with Crippen molar-refractivity contribution < 1.29 is 19.0 Å². The van der Waals surface area contributed by atoms with Gasteiger partial charge in [-0.2, -0.15) is 0 Å². The number of thiophene rings is 1. The molecule has 1 amide bonds. The zero-order valence-electron chi connectivity index (χ0n) is 17.9. The molecule has 0 atom stereocenters. The Morgan fingerprint density at radius 1 is 1.30 bits per heavy atom. The van der Waals surface area contributed by atoms with Crippen LogP contribution in [0.1, 0.15) is 47.4 Å². The Labute approximate surface area is 199 Å². The van der Waals surface area contributed by atoms with Gasteiger partial charge in [-0.15, -0.1) is 11.3 Å². The van der Waals surface area contributed by atoms with Crippen LogP contribution in [0.2, 0.25) is 5.02 Å². The molecule has 0 unspecified atom stereocenters. The molecule has 1 aliphatic carbocycles. The maximum Gasteiger partial charge on any atom is 0.287 e. The number of nitrogens with one attached hydrogen (secondary N) is 2. The number of aliphatic hydroxyl groups is 1. The Bertz CT molecular complexity index is 1190. The molecule has 1 fully saturated rings. The van der Waals surface area contributed by atoms with Crippen molar-refractivity contribution in [3.63, 3.8) is 0 Å². The molecule has 10 heteroatoms. The van der Waals surface area contributed by atoms with E-state index < -0.39 is 17.3 Å². The van der Waals surface area contributed by atoms with Crippen molar-refractivity contribution in [1.82, 2.24) is 15.3 Å². The van der Waals surface area contributed by atoms with E-state index in [0.29, 0.717) is 40.8 Å². The van der Waals surface area contributed by atoms with Gasteiger partial charge in [0.2, 0.25) is 5.82 Å². The van der Waals surface area contributed by atoms with Crippen molar-refractivity contribution in [2.24, 2.45) is 11.8 Å². The lowest BCUT2D eigenvalue weighted by atomic mass is 9.83. The van der Waals surface area contributed by atoms with E-state index in [4.69, 9.17) is 16.3 Å². The zero-order chi connectivity index (χ0) is 23.4. The summed E-state index contributed by atoms with van der Waals surface area (Å²) in [6, 6.07) is 4.18. The van der Waals surface area contributed by atoms with Gasteiger partial charge in [-0.1, -0.05) is 17.7 Å². The smallest absolute Gasteiger partial charge is 0.287 e. The van der Waals surface area contributed by atoms with Crippen LogP contribution >= 0.6 is 22.9 Å². The van der Waals surface area contributed by atoms with Crippen molar-refractivity contribution in [2.75, 3.05) is 13.2 Å². The summed E-state index contributed by atoms with van der Waals surface area (Å²) in [5, 5.41) is 14.1. The molecule has 176 valence electrons. The molecular weight excluding hydrogens is 469 g/mol. The van der Waals surface area contributed by atoms with Gasteiger partial charge < -0.3 is 20.1 Å². The van der Waals surface area contributed by atoms with Crippen LogP contribution in [0.15, 0.2) is 28.4 Å². The average molecular weight is 494 g/mol. The molecule has 33 heavy (non-hydrogen) atoms. The number of hydrogen-bond acceptors (Lipinski definition) is 6. The molecule has 7 nitrogen and oxygen atoms in total. The number of carbonyl (C=O) groups excluding carboxylic acids is 1. The Hall–Kier alpha value is -2.33. The molecular formula is C23H25ClFN3O4S. The van der Waals surface area contributed by atoms with Gasteiger partial charge in [0.1, 0.15) is 10.6 Å². The Morgan fingerprint density at radius 2 is 2.06 bits per heavy atom. The Morgan fingerprint density at radius 3 is 2.79 bits per heavy atom. The summed E-state index contributed by atoms with van der Waals surface area (Å²) in [6.07, 6.45) is 4.13. The SMILES string of the molecule is O=C(NCc1ccc(F)c(Cl)c1)c1nc2scc(COCC3CCC(CO)CC3)c2c(=O)[nH]1. The molecule has 1 aromatic carbocycles. The highest BCUT2D eigenvalue weighted by Crippen LogP contribution is 2.29. The van der Waals surface area contributed by atoms with Crippen molar-refractivity contribution in [2.45, 2.75) is 38.8 Å². The maximum absolute atomic E-state index is 13.3. The number of nitrogens with zero attached hydrogens (tertiary/aromatic N) is 1. The molecule has 2 aromatic heterocycles. The largest absolute Gasteiger partial charge is 0.396 e. The van der Waals surface area contributed by atoms with Gasteiger partial charge in [-0.25, -0.2) is 9.37 Å². The number of benzene rings is 1. The molecule has 4 rings (SSSR count). The third-order valence-electron chi connectivity index (χ3n) is 6.01. The first-order valence-corrected chi connectivity index (χ1v) is 12.1. The highest BCUT2D eigenvalue weighted by Gasteiger charge is 2.21. The summed E-state index contributed by atoms with van der Waals surface area (Å²) >= 11 is 7.05. The number of fused-ring (bicyclic) bond motifs is 1. The van der Waals surface area contributed by atoms with Crippen molar-refractivity contribution in [3.05, 3.63) is 61.7 Å². The van der Waals surface area contributed by atoms with Crippen LogP contribution in [-0.2, 0) is 17.9 Å². The first-order chi connectivity index (χ1) is 15.9. The number of amides is 1. The predicted molar refractivity (Wildman–Crippen MR) is 125 cm³/mol. The summed E-state index contributed by atoms with van der Waals surface area (Å²) in [6.45, 7) is 1.30. The van der Waals surface area contributed by atoms with E-state index in [1.54, 1.807) is 0 Å². The number of rotatable bonds is 8. The van der Waals surface area contributed by atoms with Gasteiger partial charge in [0.25, 0.3) is 11.5 Å². The van der Waals surface area contributed by atoms with Crippen molar-refractivity contribution >= 4 is 39.1 Å². The molecule has 3 N–H and O–H groups in total. The standard InChI is InChI=1S/C23H25ClFN3O4S/c24-17-7-15(5-6-18(17)25)8-26-22(31)20-27-21(30)19-16(12-33-23(19)28-20)11-32-10-14-3-1-13(9-29)2-4-14/h5-7,12-14,29H,1-4,8-11H2,(H,26,31)(H,27,28,30).